The van der Waals surface area contributed by atoms with Crippen molar-refractivity contribution in [1.82, 2.24) is 5.32 Å². The van der Waals surface area contributed by atoms with Crippen molar-refractivity contribution in [1.29, 1.82) is 0 Å². The molecular weight excluding hydrogens is 711 g/mol. The van der Waals surface area contributed by atoms with Gasteiger partial charge in [-0.1, -0.05) is 152 Å². The number of fused-ring (bicyclic) bond motifs is 8. The normalized spacial score (nSPS) is 14.4. The van der Waals surface area contributed by atoms with Gasteiger partial charge in [0.25, 0.3) is 0 Å². The van der Waals surface area contributed by atoms with E-state index in [0.717, 1.165) is 105 Å². The van der Waals surface area contributed by atoms with Gasteiger partial charge in [-0.2, -0.15) is 0 Å². The second-order valence-electron chi connectivity index (χ2n) is 14.9. The summed E-state index contributed by atoms with van der Waals surface area (Å²) in [5.41, 5.74) is 10.6. The Kier molecular flexibility index (Phi) is 7.23. The molecule has 58 heavy (non-hydrogen) atoms. The summed E-state index contributed by atoms with van der Waals surface area (Å²) in [5.74, 6) is 1.39. The molecule has 0 spiro atoms. The molecule has 1 atom stereocenters. The minimum absolute atomic E-state index is 0.470. The van der Waals surface area contributed by atoms with Gasteiger partial charge in [0.2, 0.25) is 0 Å². The first-order valence-corrected chi connectivity index (χ1v) is 19.6. The summed E-state index contributed by atoms with van der Waals surface area (Å²) in [6.45, 7) is 0. The number of nitrogens with zero attached hydrogens (tertiary/aromatic N) is 2. The summed E-state index contributed by atoms with van der Waals surface area (Å²) in [4.78, 5) is 10.7. The fraction of sp³-hybridized carbons (Fsp3) is 0.0189. The topological polar surface area (TPSA) is 63.0 Å². The molecule has 5 nitrogen and oxygen atoms in total. The van der Waals surface area contributed by atoms with Gasteiger partial charge in [-0.3, -0.25) is 0 Å². The smallest absolute Gasteiger partial charge is 0.159 e. The van der Waals surface area contributed by atoms with Crippen molar-refractivity contribution < 1.29 is 8.83 Å². The Bertz CT molecular complexity index is 3500. The second-order valence-corrected chi connectivity index (χ2v) is 14.9. The molecule has 2 aromatic heterocycles. The van der Waals surface area contributed by atoms with E-state index in [1.807, 2.05) is 24.3 Å². The van der Waals surface area contributed by atoms with Crippen molar-refractivity contribution in [2.75, 3.05) is 0 Å². The first kappa shape index (κ1) is 32.5. The summed E-state index contributed by atoms with van der Waals surface area (Å²) in [6, 6.07) is 65.7. The van der Waals surface area contributed by atoms with E-state index in [1.54, 1.807) is 0 Å². The molecule has 1 aliphatic rings. The maximum absolute atomic E-state index is 6.71. The van der Waals surface area contributed by atoms with Gasteiger partial charge in [0, 0.05) is 43.8 Å². The highest BCUT2D eigenvalue weighted by molar-refractivity contribution is 6.20. The quantitative estimate of drug-likeness (QED) is 0.191. The van der Waals surface area contributed by atoms with Gasteiger partial charge in [-0.25, -0.2) is 9.98 Å². The predicted molar refractivity (Wildman–Crippen MR) is 239 cm³/mol. The third-order valence-corrected chi connectivity index (χ3v) is 11.5. The van der Waals surface area contributed by atoms with Crippen LogP contribution in [0.15, 0.2) is 207 Å². The summed E-state index contributed by atoms with van der Waals surface area (Å²) >= 11 is 0. The number of nitrogens with one attached hydrogen (secondary N) is 1. The summed E-state index contributed by atoms with van der Waals surface area (Å²) in [7, 11) is 0. The molecule has 0 radical (unpaired) electrons. The largest absolute Gasteiger partial charge is 0.456 e. The molecule has 5 heteroatoms. The molecule has 1 aliphatic heterocycles. The zero-order valence-electron chi connectivity index (χ0n) is 31.2. The maximum Gasteiger partial charge on any atom is 0.159 e. The van der Waals surface area contributed by atoms with Crippen molar-refractivity contribution in [3.63, 3.8) is 0 Å². The van der Waals surface area contributed by atoms with Crippen molar-refractivity contribution in [2.24, 2.45) is 9.98 Å². The minimum atomic E-state index is -0.470. The molecule has 9 aromatic carbocycles. The fourth-order valence-electron chi connectivity index (χ4n) is 8.77. The lowest BCUT2D eigenvalue weighted by molar-refractivity contribution is 0.628. The van der Waals surface area contributed by atoms with Crippen LogP contribution in [0.5, 0.6) is 0 Å². The van der Waals surface area contributed by atoms with Gasteiger partial charge >= 0.3 is 0 Å². The monoisotopic (exact) mass is 743 g/mol. The minimum Gasteiger partial charge on any atom is -0.456 e. The van der Waals surface area contributed by atoms with E-state index in [2.05, 4.69) is 169 Å². The van der Waals surface area contributed by atoms with E-state index in [4.69, 9.17) is 18.8 Å². The van der Waals surface area contributed by atoms with Crippen molar-refractivity contribution in [2.45, 2.75) is 6.17 Å². The van der Waals surface area contributed by atoms with Crippen molar-refractivity contribution in [3.05, 3.63) is 205 Å². The first-order chi connectivity index (χ1) is 28.7. The van der Waals surface area contributed by atoms with Crippen LogP contribution in [-0.4, -0.2) is 11.7 Å². The van der Waals surface area contributed by atoms with Crippen LogP contribution in [0.25, 0.3) is 87.7 Å². The van der Waals surface area contributed by atoms with Crippen LogP contribution in [0.4, 0.5) is 0 Å². The Hall–Kier alpha value is -7.76. The van der Waals surface area contributed by atoms with Crippen LogP contribution in [0.1, 0.15) is 22.9 Å². The second kappa shape index (κ2) is 12.9. The Balaban J connectivity index is 1.10. The van der Waals surface area contributed by atoms with Crippen LogP contribution in [-0.2, 0) is 0 Å². The Morgan fingerprint density at radius 2 is 1.07 bits per heavy atom. The molecule has 0 fully saturated rings. The SMILES string of the molecule is c1ccc(-c2ccc(-c3cc(C4=NC(c5cccc6c5oc5ccccc56)NC(c5ccc6ccccc6c5)=N4)cc4ccccc34)c3c2oc2ccccc23)cc1. The van der Waals surface area contributed by atoms with Gasteiger partial charge < -0.3 is 14.2 Å². The number of benzene rings is 9. The molecule has 3 heterocycles. The van der Waals surface area contributed by atoms with E-state index < -0.39 is 6.17 Å². The molecule has 0 saturated heterocycles. The molecule has 0 saturated carbocycles. The highest BCUT2D eigenvalue weighted by Gasteiger charge is 2.26. The lowest BCUT2D eigenvalue weighted by Gasteiger charge is -2.24. The highest BCUT2D eigenvalue weighted by atomic mass is 16.3. The predicted octanol–water partition coefficient (Wildman–Crippen LogP) is 13.6. The van der Waals surface area contributed by atoms with Gasteiger partial charge in [0.15, 0.2) is 12.0 Å². The maximum atomic E-state index is 6.71. The summed E-state index contributed by atoms with van der Waals surface area (Å²) in [5, 5.41) is 12.6. The molecular formula is C53H33N3O2. The van der Waals surface area contributed by atoms with Crippen LogP contribution >= 0.6 is 0 Å². The van der Waals surface area contributed by atoms with Gasteiger partial charge in [-0.15, -0.1) is 0 Å². The Morgan fingerprint density at radius 3 is 1.93 bits per heavy atom. The molecule has 0 aliphatic carbocycles. The lowest BCUT2D eigenvalue weighted by atomic mass is 9.90. The summed E-state index contributed by atoms with van der Waals surface area (Å²) in [6.07, 6.45) is -0.470. The van der Waals surface area contributed by atoms with Crippen molar-refractivity contribution in [3.8, 4) is 22.3 Å². The van der Waals surface area contributed by atoms with Crippen LogP contribution in [0.2, 0.25) is 0 Å². The molecule has 12 rings (SSSR count). The van der Waals surface area contributed by atoms with Crippen LogP contribution in [0.3, 0.4) is 0 Å². The Labute approximate surface area is 333 Å². The zero-order chi connectivity index (χ0) is 38.2. The number of hydrogen-bond donors (Lipinski definition) is 1. The number of para-hydroxylation sites is 3. The number of furan rings is 2. The molecule has 0 bridgehead atoms. The number of amidine groups is 2. The average Bonchev–Trinajstić information content (AvgIpc) is 3.88. The van der Waals surface area contributed by atoms with Gasteiger partial charge in [0.1, 0.15) is 28.2 Å². The molecule has 0 amide bonds. The van der Waals surface area contributed by atoms with E-state index in [-0.39, 0.29) is 0 Å². The number of aliphatic imine (C=N–C) groups is 2. The van der Waals surface area contributed by atoms with Crippen LogP contribution < -0.4 is 5.32 Å². The van der Waals surface area contributed by atoms with E-state index in [9.17, 15) is 0 Å². The molecule has 272 valence electrons. The third-order valence-electron chi connectivity index (χ3n) is 11.5. The molecule has 1 unspecified atom stereocenters. The summed E-state index contributed by atoms with van der Waals surface area (Å²) < 4.78 is 13.3. The third kappa shape index (κ3) is 5.17. The standard InChI is InChI=1S/C53H33N3O2/c1-2-14-33(15-3-1)39-27-28-41(48-43-20-9-11-24-47(43)58-50(39)48)45-31-37(30-35-17-6-7-18-38(35)45)52-54-51(36-26-25-32-13-4-5-16-34(32)29-36)55-53(56-52)44-22-12-21-42-40-19-8-10-23-46(40)57-49(42)44/h1-31,53H,(H,54,55,56). The average molecular weight is 744 g/mol. The van der Waals surface area contributed by atoms with Crippen LogP contribution in [0, 0.1) is 0 Å². The molecule has 11 aromatic rings. The van der Waals surface area contributed by atoms with Gasteiger partial charge in [-0.05, 0) is 74.6 Å². The van der Waals surface area contributed by atoms with Gasteiger partial charge in [0.05, 0.1) is 0 Å². The highest BCUT2D eigenvalue weighted by Crippen LogP contribution is 2.44. The van der Waals surface area contributed by atoms with E-state index in [0.29, 0.717) is 5.84 Å². The lowest BCUT2D eigenvalue weighted by Crippen LogP contribution is -2.33. The Morgan fingerprint density at radius 1 is 0.414 bits per heavy atom. The van der Waals surface area contributed by atoms with Crippen molar-refractivity contribution >= 4 is 77.1 Å². The number of hydrogen-bond acceptors (Lipinski definition) is 5. The van der Waals surface area contributed by atoms with E-state index in [1.165, 1.54) is 5.39 Å². The first-order valence-electron chi connectivity index (χ1n) is 19.6. The number of rotatable bonds is 5. The molecule has 1 N–H and O–H groups in total. The fourth-order valence-corrected chi connectivity index (χ4v) is 8.77. The van der Waals surface area contributed by atoms with E-state index >= 15 is 0 Å². The zero-order valence-corrected chi connectivity index (χ0v) is 31.2.